The van der Waals surface area contributed by atoms with Crippen LogP contribution in [0, 0.1) is 6.92 Å². The Morgan fingerprint density at radius 3 is 2.73 bits per heavy atom. The molecule has 0 aliphatic heterocycles. The number of hydrogen-bond acceptors (Lipinski definition) is 3. The summed E-state index contributed by atoms with van der Waals surface area (Å²) in [7, 11) is 0. The van der Waals surface area contributed by atoms with Crippen LogP contribution in [0.3, 0.4) is 0 Å². The van der Waals surface area contributed by atoms with Crippen LogP contribution < -0.4 is 5.56 Å². The van der Waals surface area contributed by atoms with E-state index >= 15 is 0 Å². The van der Waals surface area contributed by atoms with Gasteiger partial charge in [0.1, 0.15) is 6.54 Å². The lowest BCUT2D eigenvalue weighted by atomic mass is 10.3. The number of pyridine rings is 1. The van der Waals surface area contributed by atoms with E-state index < -0.39 is 5.97 Å². The molecule has 82 valence electrons. The predicted molar refractivity (Wildman–Crippen MR) is 56.7 cm³/mol. The highest BCUT2D eigenvalue weighted by Crippen LogP contribution is 1.94. The van der Waals surface area contributed by atoms with Crippen molar-refractivity contribution in [3.8, 4) is 0 Å². The van der Waals surface area contributed by atoms with Gasteiger partial charge in [0.2, 0.25) is 0 Å². The summed E-state index contributed by atoms with van der Waals surface area (Å²) in [5, 5.41) is 0. The predicted octanol–water partition coefficient (Wildman–Crippen LogP) is 1.11. The zero-order chi connectivity index (χ0) is 11.4. The Hall–Kier alpha value is -1.58. The number of hydrogen-bond donors (Lipinski definition) is 0. The minimum Gasteiger partial charge on any atom is -0.462 e. The minimum atomic E-state index is -0.393. The van der Waals surface area contributed by atoms with E-state index in [1.54, 1.807) is 26.1 Å². The number of rotatable bonds is 3. The summed E-state index contributed by atoms with van der Waals surface area (Å²) in [6.45, 7) is 5.35. The molecule has 0 N–H and O–H groups in total. The lowest BCUT2D eigenvalue weighted by molar-refractivity contribution is -0.148. The van der Waals surface area contributed by atoms with Crippen molar-refractivity contribution in [2.45, 2.75) is 33.4 Å². The Labute approximate surface area is 88.5 Å². The van der Waals surface area contributed by atoms with Crippen molar-refractivity contribution in [2.24, 2.45) is 0 Å². The smallest absolute Gasteiger partial charge is 0.326 e. The molecule has 0 atom stereocenters. The van der Waals surface area contributed by atoms with Crippen molar-refractivity contribution in [2.75, 3.05) is 0 Å². The van der Waals surface area contributed by atoms with Gasteiger partial charge in [-0.15, -0.1) is 0 Å². The second-order valence-corrected chi connectivity index (χ2v) is 3.71. The molecule has 0 unspecified atom stereocenters. The van der Waals surface area contributed by atoms with Crippen molar-refractivity contribution in [1.29, 1.82) is 0 Å². The molecule has 0 bridgehead atoms. The van der Waals surface area contributed by atoms with Crippen LogP contribution in [-0.2, 0) is 16.1 Å². The number of carbonyl (C=O) groups is 1. The number of aryl methyl sites for hydroxylation is 1. The first kappa shape index (κ1) is 11.5. The summed E-state index contributed by atoms with van der Waals surface area (Å²) < 4.78 is 6.27. The second kappa shape index (κ2) is 4.77. The molecule has 1 rings (SSSR count). The molecule has 4 heteroatoms. The fourth-order valence-corrected chi connectivity index (χ4v) is 1.18. The number of aromatic nitrogens is 1. The van der Waals surface area contributed by atoms with Gasteiger partial charge in [0, 0.05) is 12.3 Å². The second-order valence-electron chi connectivity index (χ2n) is 3.71. The summed E-state index contributed by atoms with van der Waals surface area (Å²) >= 11 is 0. The van der Waals surface area contributed by atoms with Gasteiger partial charge < -0.3 is 9.30 Å². The van der Waals surface area contributed by atoms with Gasteiger partial charge in [0.25, 0.3) is 5.56 Å². The third-order valence-electron chi connectivity index (χ3n) is 1.82. The molecule has 1 aromatic heterocycles. The Bertz CT molecular complexity index is 407. The van der Waals surface area contributed by atoms with Crippen LogP contribution in [0.5, 0.6) is 0 Å². The van der Waals surface area contributed by atoms with Gasteiger partial charge in [-0.3, -0.25) is 9.59 Å². The van der Waals surface area contributed by atoms with Crippen LogP contribution in [0.1, 0.15) is 19.4 Å². The number of nitrogens with zero attached hydrogens (tertiary/aromatic N) is 1. The fraction of sp³-hybridized carbons (Fsp3) is 0.455. The first-order valence-electron chi connectivity index (χ1n) is 4.85. The highest BCUT2D eigenvalue weighted by atomic mass is 16.5. The highest BCUT2D eigenvalue weighted by molar-refractivity contribution is 5.69. The molecule has 0 spiro atoms. The number of esters is 1. The molecule has 0 radical (unpaired) electrons. The van der Waals surface area contributed by atoms with E-state index in [9.17, 15) is 9.59 Å². The molecule has 0 saturated carbocycles. The maximum atomic E-state index is 11.4. The summed E-state index contributed by atoms with van der Waals surface area (Å²) in [5.41, 5.74) is 0.698. The van der Waals surface area contributed by atoms with Crippen LogP contribution in [0.25, 0.3) is 0 Å². The molecule has 0 amide bonds. The molecule has 15 heavy (non-hydrogen) atoms. The molecule has 0 fully saturated rings. The van der Waals surface area contributed by atoms with Gasteiger partial charge in [-0.05, 0) is 32.4 Å². The maximum Gasteiger partial charge on any atom is 0.326 e. The van der Waals surface area contributed by atoms with Crippen molar-refractivity contribution in [1.82, 2.24) is 4.57 Å². The van der Waals surface area contributed by atoms with E-state index in [1.807, 2.05) is 6.92 Å². The minimum absolute atomic E-state index is 0.0305. The summed E-state index contributed by atoms with van der Waals surface area (Å²) in [5.74, 6) is -0.393. The first-order valence-corrected chi connectivity index (χ1v) is 4.85. The van der Waals surface area contributed by atoms with Crippen molar-refractivity contribution >= 4 is 5.97 Å². The number of ether oxygens (including phenoxy) is 1. The van der Waals surface area contributed by atoms with Crippen LogP contribution >= 0.6 is 0 Å². The third-order valence-corrected chi connectivity index (χ3v) is 1.82. The largest absolute Gasteiger partial charge is 0.462 e. The zero-order valence-electron chi connectivity index (χ0n) is 9.19. The van der Waals surface area contributed by atoms with Crippen molar-refractivity contribution in [3.63, 3.8) is 0 Å². The summed E-state index contributed by atoms with van der Waals surface area (Å²) in [6, 6.07) is 3.27. The van der Waals surface area contributed by atoms with E-state index in [0.717, 1.165) is 5.56 Å². The normalized spacial score (nSPS) is 10.4. The Morgan fingerprint density at radius 1 is 1.53 bits per heavy atom. The van der Waals surface area contributed by atoms with Crippen LogP contribution in [0.2, 0.25) is 0 Å². The zero-order valence-corrected chi connectivity index (χ0v) is 9.19. The van der Waals surface area contributed by atoms with Crippen LogP contribution in [0.15, 0.2) is 23.1 Å². The van der Waals surface area contributed by atoms with Gasteiger partial charge in [-0.2, -0.15) is 0 Å². The van der Waals surface area contributed by atoms with E-state index in [0.29, 0.717) is 0 Å². The molecule has 0 aliphatic carbocycles. The molecule has 1 heterocycles. The molecule has 0 saturated heterocycles. The third kappa shape index (κ3) is 3.58. The molecule has 0 aromatic carbocycles. The quantitative estimate of drug-likeness (QED) is 0.700. The standard InChI is InChI=1S/C11H15NO3/c1-8(2)15-11(14)7-12-5-4-9(3)6-10(12)13/h4-6,8H,7H2,1-3H3. The molecule has 1 aromatic rings. The van der Waals surface area contributed by atoms with Crippen LogP contribution in [0.4, 0.5) is 0 Å². The van der Waals surface area contributed by atoms with Crippen molar-refractivity contribution < 1.29 is 9.53 Å². The topological polar surface area (TPSA) is 48.3 Å². The summed E-state index contributed by atoms with van der Waals surface area (Å²) in [6.07, 6.45) is 1.44. The molecular weight excluding hydrogens is 194 g/mol. The van der Waals surface area contributed by atoms with E-state index in [2.05, 4.69) is 0 Å². The van der Waals surface area contributed by atoms with E-state index in [1.165, 1.54) is 10.6 Å². The maximum absolute atomic E-state index is 11.4. The number of carbonyl (C=O) groups excluding carboxylic acids is 1. The summed E-state index contributed by atoms with van der Waals surface area (Å²) in [4.78, 5) is 22.7. The Morgan fingerprint density at radius 2 is 2.20 bits per heavy atom. The van der Waals surface area contributed by atoms with Gasteiger partial charge >= 0.3 is 5.97 Å². The molecule has 0 aliphatic rings. The molecular formula is C11H15NO3. The lowest BCUT2D eigenvalue weighted by Crippen LogP contribution is -2.25. The Balaban J connectivity index is 2.73. The fourth-order valence-electron chi connectivity index (χ4n) is 1.18. The van der Waals surface area contributed by atoms with Crippen molar-refractivity contribution in [3.05, 3.63) is 34.2 Å². The monoisotopic (exact) mass is 209 g/mol. The highest BCUT2D eigenvalue weighted by Gasteiger charge is 2.07. The van der Waals surface area contributed by atoms with E-state index in [4.69, 9.17) is 4.74 Å². The SMILES string of the molecule is Cc1ccn(CC(=O)OC(C)C)c(=O)c1. The van der Waals surface area contributed by atoms with E-state index in [-0.39, 0.29) is 18.2 Å². The van der Waals surface area contributed by atoms with Gasteiger partial charge in [-0.1, -0.05) is 0 Å². The van der Waals surface area contributed by atoms with Crippen LogP contribution in [-0.4, -0.2) is 16.6 Å². The first-order chi connectivity index (χ1) is 6.99. The average molecular weight is 209 g/mol. The van der Waals surface area contributed by atoms with Gasteiger partial charge in [0.05, 0.1) is 6.10 Å². The Kier molecular flexibility index (Phi) is 3.66. The lowest BCUT2D eigenvalue weighted by Gasteiger charge is -2.09. The van der Waals surface area contributed by atoms with Gasteiger partial charge in [-0.25, -0.2) is 0 Å². The average Bonchev–Trinajstić information content (AvgIpc) is 2.08. The van der Waals surface area contributed by atoms with Gasteiger partial charge in [0.15, 0.2) is 0 Å². The molecule has 4 nitrogen and oxygen atoms in total.